The average molecular weight is 604 g/mol. The van der Waals surface area contributed by atoms with Crippen LogP contribution >= 0.6 is 0 Å². The minimum Gasteiger partial charge on any atom is -0.391 e. The molecule has 0 aromatic rings. The summed E-state index contributed by atoms with van der Waals surface area (Å²) >= 11 is 0. The largest absolute Gasteiger partial charge is 0.391 e. The lowest BCUT2D eigenvalue weighted by molar-refractivity contribution is -0.122. The Morgan fingerprint density at radius 3 is 1.22 bits per heavy atom. The Labute approximate surface area is 255 Å². The van der Waals surface area contributed by atoms with Gasteiger partial charge >= 0.3 is 0 Å². The van der Waals surface area contributed by atoms with E-state index in [9.17, 15) is 22.9 Å². The minimum absolute atomic E-state index is 0.246. The zero-order valence-corrected chi connectivity index (χ0v) is 28.0. The van der Waals surface area contributed by atoms with Crippen molar-refractivity contribution in [2.24, 2.45) is 0 Å². The van der Waals surface area contributed by atoms with Crippen molar-refractivity contribution in [2.45, 2.75) is 206 Å². The number of carbonyl (C=O) groups is 1. The lowest BCUT2D eigenvalue weighted by Gasteiger charge is -2.23. The van der Waals surface area contributed by atoms with Crippen LogP contribution in [0.2, 0.25) is 0 Å². The maximum Gasteiger partial charge on any atom is 0.266 e. The van der Waals surface area contributed by atoms with Gasteiger partial charge in [-0.1, -0.05) is 174 Å². The third-order valence-corrected chi connectivity index (χ3v) is 9.09. The standard InChI is InChI=1S/C34H69NO5S/c1-3-5-7-9-11-13-15-16-17-18-19-20-21-23-25-27-29-33(36)32(31-41(38,39)40)35-34(37)30-28-26-24-22-14-12-10-8-6-4-2/h32-33,36H,3-31H2,1-2H3,(H,35,37)(H,38,39,40). The number of hydrogen-bond acceptors (Lipinski definition) is 4. The Hall–Kier alpha value is -0.660. The highest BCUT2D eigenvalue weighted by molar-refractivity contribution is 7.85. The molecule has 2 unspecified atom stereocenters. The number of nitrogens with one attached hydrogen (secondary N) is 1. The highest BCUT2D eigenvalue weighted by atomic mass is 32.2. The van der Waals surface area contributed by atoms with E-state index in [1.54, 1.807) is 0 Å². The van der Waals surface area contributed by atoms with Gasteiger partial charge in [0, 0.05) is 6.42 Å². The zero-order valence-electron chi connectivity index (χ0n) is 27.2. The Kier molecular flexibility index (Phi) is 28.9. The van der Waals surface area contributed by atoms with E-state index in [0.29, 0.717) is 12.8 Å². The van der Waals surface area contributed by atoms with Crippen LogP contribution in [-0.2, 0) is 14.9 Å². The van der Waals surface area contributed by atoms with E-state index in [0.717, 1.165) is 38.5 Å². The average Bonchev–Trinajstić information content (AvgIpc) is 2.92. The summed E-state index contributed by atoms with van der Waals surface area (Å²) in [4.78, 5) is 12.4. The smallest absolute Gasteiger partial charge is 0.266 e. The number of unbranched alkanes of at least 4 members (excludes halogenated alkanes) is 24. The molecule has 0 aromatic heterocycles. The summed E-state index contributed by atoms with van der Waals surface area (Å²) in [6.45, 7) is 4.49. The summed E-state index contributed by atoms with van der Waals surface area (Å²) in [7, 11) is -4.29. The van der Waals surface area contributed by atoms with Crippen molar-refractivity contribution in [3.05, 3.63) is 0 Å². The van der Waals surface area contributed by atoms with Gasteiger partial charge in [0.2, 0.25) is 5.91 Å². The molecule has 0 radical (unpaired) electrons. The van der Waals surface area contributed by atoms with E-state index in [-0.39, 0.29) is 5.91 Å². The molecular formula is C34H69NO5S. The van der Waals surface area contributed by atoms with Crippen LogP contribution in [-0.4, -0.2) is 41.9 Å². The lowest BCUT2D eigenvalue weighted by atomic mass is 10.0. The highest BCUT2D eigenvalue weighted by Crippen LogP contribution is 2.16. The van der Waals surface area contributed by atoms with Gasteiger partial charge in [-0.15, -0.1) is 0 Å². The molecule has 0 aromatic carbocycles. The first-order valence-electron chi connectivity index (χ1n) is 17.7. The van der Waals surface area contributed by atoms with Crippen LogP contribution in [0.15, 0.2) is 0 Å². The molecule has 41 heavy (non-hydrogen) atoms. The monoisotopic (exact) mass is 603 g/mol. The normalized spacial score (nSPS) is 13.4. The summed E-state index contributed by atoms with van der Waals surface area (Å²) in [5.41, 5.74) is 0. The van der Waals surface area contributed by atoms with E-state index in [1.165, 1.54) is 128 Å². The van der Waals surface area contributed by atoms with Gasteiger partial charge in [-0.05, 0) is 12.8 Å². The van der Waals surface area contributed by atoms with Gasteiger partial charge < -0.3 is 10.4 Å². The van der Waals surface area contributed by atoms with Gasteiger partial charge in [0.05, 0.1) is 17.9 Å². The topological polar surface area (TPSA) is 104 Å². The van der Waals surface area contributed by atoms with Crippen LogP contribution in [0, 0.1) is 0 Å². The van der Waals surface area contributed by atoms with Crippen LogP contribution in [0.25, 0.3) is 0 Å². The second kappa shape index (κ2) is 29.4. The van der Waals surface area contributed by atoms with E-state index >= 15 is 0 Å². The summed E-state index contributed by atoms with van der Waals surface area (Å²) < 4.78 is 32.3. The summed E-state index contributed by atoms with van der Waals surface area (Å²) in [5.74, 6) is -0.888. The molecule has 0 rings (SSSR count). The number of aliphatic hydroxyl groups is 1. The predicted octanol–water partition coefficient (Wildman–Crippen LogP) is 9.68. The van der Waals surface area contributed by atoms with Gasteiger partial charge in [-0.25, -0.2) is 0 Å². The molecule has 0 fully saturated rings. The molecule has 0 bridgehead atoms. The van der Waals surface area contributed by atoms with Crippen molar-refractivity contribution in [3.8, 4) is 0 Å². The SMILES string of the molecule is CCCCCCCCCCCCCCCCCCC(O)C(CS(=O)(=O)O)NC(=O)CCCCCCCCCCCC. The summed E-state index contributed by atoms with van der Waals surface area (Å²) in [6, 6.07) is -0.961. The molecule has 6 nitrogen and oxygen atoms in total. The Balaban J connectivity index is 3.89. The van der Waals surface area contributed by atoms with Crippen LogP contribution in [0.1, 0.15) is 194 Å². The first kappa shape index (κ1) is 40.3. The number of carbonyl (C=O) groups excluding carboxylic acids is 1. The fourth-order valence-electron chi connectivity index (χ4n) is 5.63. The number of hydrogen-bond donors (Lipinski definition) is 3. The molecular weight excluding hydrogens is 534 g/mol. The second-order valence-corrected chi connectivity index (χ2v) is 14.0. The molecule has 3 N–H and O–H groups in total. The molecule has 0 heterocycles. The Morgan fingerprint density at radius 2 is 0.878 bits per heavy atom. The van der Waals surface area contributed by atoms with Crippen molar-refractivity contribution < 1.29 is 22.9 Å². The quantitative estimate of drug-likeness (QED) is 0.0524. The van der Waals surface area contributed by atoms with E-state index in [4.69, 9.17) is 0 Å². The highest BCUT2D eigenvalue weighted by Gasteiger charge is 2.26. The molecule has 246 valence electrons. The lowest BCUT2D eigenvalue weighted by Crippen LogP contribution is -2.47. The molecule has 0 aliphatic heterocycles. The van der Waals surface area contributed by atoms with Crippen molar-refractivity contribution >= 4 is 16.0 Å². The molecule has 0 saturated heterocycles. The first-order valence-corrected chi connectivity index (χ1v) is 19.3. The molecule has 7 heteroatoms. The van der Waals surface area contributed by atoms with Crippen LogP contribution in [0.3, 0.4) is 0 Å². The van der Waals surface area contributed by atoms with Gasteiger partial charge in [0.15, 0.2) is 0 Å². The number of aliphatic hydroxyl groups excluding tert-OH is 1. The van der Waals surface area contributed by atoms with E-state index in [2.05, 4.69) is 19.2 Å². The van der Waals surface area contributed by atoms with Gasteiger partial charge in [0.25, 0.3) is 10.1 Å². The molecule has 0 aliphatic carbocycles. The Bertz CT molecular complexity index is 670. The maximum atomic E-state index is 12.4. The molecule has 0 spiro atoms. The third kappa shape index (κ3) is 30.6. The van der Waals surface area contributed by atoms with Crippen molar-refractivity contribution in [1.29, 1.82) is 0 Å². The van der Waals surface area contributed by atoms with Crippen molar-refractivity contribution in [3.63, 3.8) is 0 Å². The van der Waals surface area contributed by atoms with Gasteiger partial charge in [0.1, 0.15) is 0 Å². The fourth-order valence-corrected chi connectivity index (χ4v) is 6.39. The fraction of sp³-hybridized carbons (Fsp3) is 0.971. The predicted molar refractivity (Wildman–Crippen MR) is 175 cm³/mol. The maximum absolute atomic E-state index is 12.4. The molecule has 0 saturated carbocycles. The zero-order chi connectivity index (χ0) is 30.4. The minimum atomic E-state index is -4.29. The van der Waals surface area contributed by atoms with Crippen LogP contribution in [0.5, 0.6) is 0 Å². The van der Waals surface area contributed by atoms with Crippen molar-refractivity contribution in [1.82, 2.24) is 5.32 Å². The Morgan fingerprint density at radius 1 is 0.561 bits per heavy atom. The first-order chi connectivity index (χ1) is 19.8. The number of rotatable bonds is 32. The summed E-state index contributed by atoms with van der Waals surface area (Å²) in [6.07, 6.45) is 31.9. The number of amides is 1. The molecule has 0 aliphatic rings. The van der Waals surface area contributed by atoms with E-state index in [1.807, 2.05) is 0 Å². The van der Waals surface area contributed by atoms with Crippen LogP contribution in [0.4, 0.5) is 0 Å². The second-order valence-electron chi connectivity index (χ2n) is 12.5. The summed E-state index contributed by atoms with van der Waals surface area (Å²) in [5, 5.41) is 13.3. The van der Waals surface area contributed by atoms with Crippen molar-refractivity contribution in [2.75, 3.05) is 5.75 Å². The van der Waals surface area contributed by atoms with E-state index < -0.39 is 28.0 Å². The third-order valence-electron chi connectivity index (χ3n) is 8.31. The van der Waals surface area contributed by atoms with Gasteiger partial charge in [-0.3, -0.25) is 9.35 Å². The van der Waals surface area contributed by atoms with Crippen LogP contribution < -0.4 is 5.32 Å². The molecule has 1 amide bonds. The molecule has 2 atom stereocenters. The van der Waals surface area contributed by atoms with Gasteiger partial charge in [-0.2, -0.15) is 8.42 Å².